The maximum absolute atomic E-state index is 10.1. The van der Waals surface area contributed by atoms with E-state index >= 15 is 0 Å². The first-order valence-electron chi connectivity index (χ1n) is 3.43. The molecule has 1 unspecified atom stereocenters. The Bertz CT molecular complexity index is 216. The fourth-order valence-electron chi connectivity index (χ4n) is 0.580. The Morgan fingerprint density at radius 1 is 1.43 bits per heavy atom. The van der Waals surface area contributed by atoms with Gasteiger partial charge in [0.05, 0.1) is 0 Å². The van der Waals surface area contributed by atoms with Crippen molar-refractivity contribution in [1.82, 2.24) is 0 Å². The summed E-state index contributed by atoms with van der Waals surface area (Å²) in [6.07, 6.45) is -3.72. The number of carbonyl (C=O) groups is 3. The molecule has 0 spiro atoms. The predicted molar refractivity (Wildman–Crippen MR) is 40.4 cm³/mol. The number of carbonyl (C=O) groups excluding carboxylic acids is 2. The Morgan fingerprint density at radius 2 is 2.07 bits per heavy atom. The highest BCUT2D eigenvalue weighted by atomic mass is 16.7. The number of carboxylic acid groups (broad SMARTS) is 1. The van der Waals surface area contributed by atoms with E-state index in [1.54, 1.807) is 0 Å². The minimum Gasteiger partial charge on any atom is -0.464 e. The van der Waals surface area contributed by atoms with Crippen LogP contribution >= 0.6 is 0 Å². The van der Waals surface area contributed by atoms with Crippen LogP contribution < -0.4 is 5.73 Å². The van der Waals surface area contributed by atoms with Crippen LogP contribution in [0.1, 0.15) is 0 Å². The number of hydrogen-bond donors (Lipinski definition) is 2. The van der Waals surface area contributed by atoms with Crippen LogP contribution in [0.5, 0.6) is 0 Å². The van der Waals surface area contributed by atoms with E-state index in [9.17, 15) is 14.4 Å². The van der Waals surface area contributed by atoms with Crippen molar-refractivity contribution in [1.29, 1.82) is 0 Å². The second kappa shape index (κ2) is 6.52. The van der Waals surface area contributed by atoms with E-state index in [1.807, 2.05) is 0 Å². The number of ether oxygens (including phenoxy) is 3. The van der Waals surface area contributed by atoms with Gasteiger partial charge in [-0.2, -0.15) is 0 Å². The summed E-state index contributed by atoms with van der Waals surface area (Å²) in [6.45, 7) is -0.638. The smallest absolute Gasteiger partial charge is 0.464 e. The first kappa shape index (κ1) is 12.0. The van der Waals surface area contributed by atoms with Crippen LogP contribution in [0.3, 0.4) is 0 Å². The molecule has 0 rings (SSSR count). The molecule has 1 amide bonds. The lowest BCUT2D eigenvalue weighted by atomic mass is 10.4. The van der Waals surface area contributed by atoms with Crippen molar-refractivity contribution in [2.45, 2.75) is 6.10 Å². The quantitative estimate of drug-likeness (QED) is 0.335. The molecule has 0 bridgehead atoms. The number of rotatable bonds is 6. The number of primary amides is 1. The summed E-state index contributed by atoms with van der Waals surface area (Å²) >= 11 is 0. The summed E-state index contributed by atoms with van der Waals surface area (Å²) in [5, 5.41) is 8.21. The molecule has 8 nitrogen and oxygen atoms in total. The molecule has 80 valence electrons. The summed E-state index contributed by atoms with van der Waals surface area (Å²) in [5.41, 5.74) is 4.63. The van der Waals surface area contributed by atoms with E-state index in [4.69, 9.17) is 5.11 Å². The highest BCUT2D eigenvalue weighted by molar-refractivity contribution is 5.64. The van der Waals surface area contributed by atoms with Crippen molar-refractivity contribution in [2.24, 2.45) is 5.73 Å². The van der Waals surface area contributed by atoms with Gasteiger partial charge in [-0.05, 0) is 0 Å². The van der Waals surface area contributed by atoms with Gasteiger partial charge in [-0.25, -0.2) is 9.59 Å². The second-order valence-corrected chi connectivity index (χ2v) is 2.07. The number of nitrogens with two attached hydrogens (primary N) is 1. The van der Waals surface area contributed by atoms with Crippen LogP contribution in [0.15, 0.2) is 0 Å². The van der Waals surface area contributed by atoms with Gasteiger partial charge in [0.2, 0.25) is 0 Å². The van der Waals surface area contributed by atoms with Gasteiger partial charge < -0.3 is 25.1 Å². The summed E-state index contributed by atoms with van der Waals surface area (Å²) in [6, 6.07) is 0. The molecule has 0 saturated carbocycles. The van der Waals surface area contributed by atoms with Crippen molar-refractivity contribution >= 4 is 18.7 Å². The molecule has 0 radical (unpaired) electrons. The van der Waals surface area contributed by atoms with E-state index in [1.165, 1.54) is 0 Å². The topological polar surface area (TPSA) is 125 Å². The molecule has 0 aromatic carbocycles. The molecule has 0 fully saturated rings. The molecule has 0 aliphatic rings. The molecular weight excluding hydrogens is 198 g/mol. The molecule has 0 heterocycles. The summed E-state index contributed by atoms with van der Waals surface area (Å²) < 4.78 is 12.7. The zero-order chi connectivity index (χ0) is 11.0. The van der Waals surface area contributed by atoms with E-state index in [0.717, 1.165) is 0 Å². The van der Waals surface area contributed by atoms with Crippen molar-refractivity contribution < 1.29 is 33.7 Å². The molecule has 14 heavy (non-hydrogen) atoms. The molecule has 0 aliphatic heterocycles. The van der Waals surface area contributed by atoms with Gasteiger partial charge in [0, 0.05) is 0 Å². The number of hydrogen-bond acceptors (Lipinski definition) is 6. The van der Waals surface area contributed by atoms with Crippen LogP contribution in [0, 0.1) is 0 Å². The molecule has 0 aromatic heterocycles. The van der Waals surface area contributed by atoms with Crippen LogP contribution in [0.4, 0.5) is 9.59 Å². The normalized spacial score (nSPS) is 11.1. The second-order valence-electron chi connectivity index (χ2n) is 2.07. The van der Waals surface area contributed by atoms with Gasteiger partial charge in [0.15, 0.2) is 6.10 Å². The van der Waals surface area contributed by atoms with Crippen LogP contribution in [0.25, 0.3) is 0 Å². The summed E-state index contributed by atoms with van der Waals surface area (Å²) in [7, 11) is 0. The third-order valence-corrected chi connectivity index (χ3v) is 1.03. The van der Waals surface area contributed by atoms with Crippen LogP contribution in [-0.2, 0) is 19.0 Å². The summed E-state index contributed by atoms with van der Waals surface area (Å²) in [4.78, 5) is 30.0. The highest BCUT2D eigenvalue weighted by Crippen LogP contribution is 1.95. The minimum atomic E-state index is -1.57. The van der Waals surface area contributed by atoms with E-state index in [0.29, 0.717) is 0 Å². The third kappa shape index (κ3) is 6.70. The van der Waals surface area contributed by atoms with Gasteiger partial charge in [-0.15, -0.1) is 0 Å². The SMILES string of the molecule is NC(=O)OCC(COC=O)OC(=O)O. The van der Waals surface area contributed by atoms with E-state index < -0.39 is 25.0 Å². The molecule has 0 aliphatic carbocycles. The van der Waals surface area contributed by atoms with Gasteiger partial charge in [0.25, 0.3) is 6.47 Å². The van der Waals surface area contributed by atoms with Crippen molar-refractivity contribution in [3.63, 3.8) is 0 Å². The van der Waals surface area contributed by atoms with Crippen molar-refractivity contribution in [3.8, 4) is 0 Å². The molecular formula is C6H9NO7. The average molecular weight is 207 g/mol. The fraction of sp³-hybridized carbons (Fsp3) is 0.500. The first-order chi connectivity index (χ1) is 6.56. The maximum Gasteiger partial charge on any atom is 0.506 e. The Hall–Kier alpha value is -1.99. The zero-order valence-electron chi connectivity index (χ0n) is 7.04. The summed E-state index contributed by atoms with van der Waals surface area (Å²) in [5.74, 6) is 0. The molecule has 3 N–H and O–H groups in total. The monoisotopic (exact) mass is 207 g/mol. The molecule has 8 heteroatoms. The van der Waals surface area contributed by atoms with Gasteiger partial charge in [-0.1, -0.05) is 0 Å². The highest BCUT2D eigenvalue weighted by Gasteiger charge is 2.16. The Balaban J connectivity index is 3.89. The van der Waals surface area contributed by atoms with E-state index in [-0.39, 0.29) is 13.1 Å². The van der Waals surface area contributed by atoms with E-state index in [2.05, 4.69) is 19.9 Å². The fourth-order valence-corrected chi connectivity index (χ4v) is 0.580. The zero-order valence-corrected chi connectivity index (χ0v) is 7.04. The Labute approximate surface area is 78.5 Å². The van der Waals surface area contributed by atoms with Crippen LogP contribution in [0.2, 0.25) is 0 Å². The van der Waals surface area contributed by atoms with Crippen molar-refractivity contribution in [3.05, 3.63) is 0 Å². The number of amides is 1. The third-order valence-electron chi connectivity index (χ3n) is 1.03. The maximum atomic E-state index is 10.1. The minimum absolute atomic E-state index is 0.114. The first-order valence-corrected chi connectivity index (χ1v) is 3.43. The molecule has 1 atom stereocenters. The standard InChI is InChI=1S/C6H9NO7/c7-5(9)13-2-4(1-12-3-8)14-6(10)11/h3-4H,1-2H2,(H2,7,9)(H,10,11). The van der Waals surface area contributed by atoms with Crippen LogP contribution in [-0.4, -0.2) is 43.1 Å². The van der Waals surface area contributed by atoms with Gasteiger partial charge in [0.1, 0.15) is 13.2 Å². The predicted octanol–water partition coefficient (Wildman–Crippen LogP) is -0.682. The molecule has 0 aromatic rings. The van der Waals surface area contributed by atoms with Crippen molar-refractivity contribution in [2.75, 3.05) is 13.2 Å². The van der Waals surface area contributed by atoms with Gasteiger partial charge in [-0.3, -0.25) is 4.79 Å². The largest absolute Gasteiger partial charge is 0.506 e. The Morgan fingerprint density at radius 3 is 2.50 bits per heavy atom. The lowest BCUT2D eigenvalue weighted by Gasteiger charge is -2.13. The molecule has 0 saturated heterocycles. The Kier molecular flexibility index (Phi) is 5.59. The lowest BCUT2D eigenvalue weighted by Crippen LogP contribution is -2.30. The lowest BCUT2D eigenvalue weighted by molar-refractivity contribution is -0.132. The average Bonchev–Trinajstić information content (AvgIpc) is 2.09. The van der Waals surface area contributed by atoms with Gasteiger partial charge >= 0.3 is 12.2 Å².